The van der Waals surface area contributed by atoms with Gasteiger partial charge in [-0.25, -0.2) is 4.98 Å². The van der Waals surface area contributed by atoms with Crippen molar-refractivity contribution in [2.45, 2.75) is 0 Å². The molecule has 0 aliphatic rings. The molecule has 0 bridgehead atoms. The third-order valence-corrected chi connectivity index (χ3v) is 1.80. The Labute approximate surface area is 91.1 Å². The lowest BCUT2D eigenvalue weighted by atomic mass is 10.6. The van der Waals surface area contributed by atoms with Gasteiger partial charge in [-0.05, 0) is 0 Å². The summed E-state index contributed by atoms with van der Waals surface area (Å²) in [5, 5.41) is 3.88. The summed E-state index contributed by atoms with van der Waals surface area (Å²) in [5.74, 6) is 1.16. The van der Waals surface area contributed by atoms with Crippen LogP contribution in [0.5, 0.6) is 11.8 Å². The predicted molar refractivity (Wildman–Crippen MR) is 54.5 cm³/mol. The lowest BCUT2D eigenvalue weighted by Crippen LogP contribution is -2.05. The van der Waals surface area contributed by atoms with Crippen molar-refractivity contribution < 1.29 is 9.47 Å². The Morgan fingerprint density at radius 1 is 1.19 bits per heavy atom. The number of rotatable bonds is 3. The summed E-state index contributed by atoms with van der Waals surface area (Å²) in [6.45, 7) is 0. The molecule has 2 heterocycles. The van der Waals surface area contributed by atoms with Crippen molar-refractivity contribution in [3.8, 4) is 17.7 Å². The average Bonchev–Trinajstić information content (AvgIpc) is 2.75. The van der Waals surface area contributed by atoms with Crippen molar-refractivity contribution in [3.05, 3.63) is 12.4 Å². The highest BCUT2D eigenvalue weighted by molar-refractivity contribution is 5.27. The van der Waals surface area contributed by atoms with Gasteiger partial charge in [0.15, 0.2) is 0 Å². The third-order valence-electron chi connectivity index (χ3n) is 1.80. The molecular formula is C8H10N6O2. The molecule has 0 atom stereocenters. The quantitative estimate of drug-likeness (QED) is 0.757. The van der Waals surface area contributed by atoms with E-state index in [9.17, 15) is 0 Å². The molecule has 2 aromatic rings. The van der Waals surface area contributed by atoms with Crippen LogP contribution in [-0.4, -0.2) is 39.0 Å². The van der Waals surface area contributed by atoms with Gasteiger partial charge in [0.25, 0.3) is 5.95 Å². The molecule has 84 valence electrons. The molecule has 0 saturated carbocycles. The number of ether oxygens (including phenoxy) is 2. The molecule has 2 rings (SSSR count). The SMILES string of the molecule is COc1cc(OC)nc(-n2cnc(N)n2)n1. The highest BCUT2D eigenvalue weighted by Crippen LogP contribution is 2.16. The molecule has 2 N–H and O–H groups in total. The lowest BCUT2D eigenvalue weighted by Gasteiger charge is -2.05. The van der Waals surface area contributed by atoms with Gasteiger partial charge in [-0.1, -0.05) is 0 Å². The summed E-state index contributed by atoms with van der Waals surface area (Å²) in [5.41, 5.74) is 5.40. The number of nitrogens with zero attached hydrogens (tertiary/aromatic N) is 5. The Bertz CT molecular complexity index is 475. The molecule has 0 aromatic carbocycles. The largest absolute Gasteiger partial charge is 0.481 e. The van der Waals surface area contributed by atoms with E-state index in [4.69, 9.17) is 15.2 Å². The molecule has 0 amide bonds. The molecule has 0 aliphatic carbocycles. The maximum Gasteiger partial charge on any atom is 0.258 e. The van der Waals surface area contributed by atoms with Gasteiger partial charge >= 0.3 is 0 Å². The first kappa shape index (κ1) is 10.1. The van der Waals surface area contributed by atoms with Crippen molar-refractivity contribution in [3.63, 3.8) is 0 Å². The van der Waals surface area contributed by atoms with Crippen LogP contribution in [-0.2, 0) is 0 Å². The van der Waals surface area contributed by atoms with Crippen molar-refractivity contribution in [2.24, 2.45) is 0 Å². The van der Waals surface area contributed by atoms with E-state index in [0.717, 1.165) is 0 Å². The fourth-order valence-corrected chi connectivity index (χ4v) is 1.08. The monoisotopic (exact) mass is 222 g/mol. The van der Waals surface area contributed by atoms with E-state index in [1.807, 2.05) is 0 Å². The Hall–Kier alpha value is -2.38. The number of methoxy groups -OCH3 is 2. The van der Waals surface area contributed by atoms with Crippen LogP contribution in [0.2, 0.25) is 0 Å². The van der Waals surface area contributed by atoms with E-state index >= 15 is 0 Å². The molecule has 2 aromatic heterocycles. The topological polar surface area (TPSA) is 101 Å². The van der Waals surface area contributed by atoms with E-state index in [0.29, 0.717) is 11.8 Å². The van der Waals surface area contributed by atoms with Crippen LogP contribution >= 0.6 is 0 Å². The fraction of sp³-hybridized carbons (Fsp3) is 0.250. The van der Waals surface area contributed by atoms with E-state index in [-0.39, 0.29) is 11.9 Å². The number of anilines is 1. The second-order valence-corrected chi connectivity index (χ2v) is 2.80. The molecule has 8 heteroatoms. The van der Waals surface area contributed by atoms with Crippen molar-refractivity contribution >= 4 is 5.95 Å². The zero-order valence-corrected chi connectivity index (χ0v) is 8.78. The highest BCUT2D eigenvalue weighted by atomic mass is 16.5. The third kappa shape index (κ3) is 1.85. The number of nitrogen functional groups attached to an aromatic ring is 1. The summed E-state index contributed by atoms with van der Waals surface area (Å²) < 4.78 is 11.3. The van der Waals surface area contributed by atoms with Gasteiger partial charge in [-0.3, -0.25) is 0 Å². The fourth-order valence-electron chi connectivity index (χ4n) is 1.08. The van der Waals surface area contributed by atoms with Crippen LogP contribution in [0, 0.1) is 0 Å². The van der Waals surface area contributed by atoms with Crippen LogP contribution in [0.4, 0.5) is 5.95 Å². The minimum atomic E-state index is 0.144. The minimum Gasteiger partial charge on any atom is -0.481 e. The Balaban J connectivity index is 2.47. The van der Waals surface area contributed by atoms with Crippen LogP contribution < -0.4 is 15.2 Å². The van der Waals surface area contributed by atoms with Gasteiger partial charge in [0.05, 0.1) is 20.3 Å². The molecule has 0 spiro atoms. The summed E-state index contributed by atoms with van der Waals surface area (Å²) in [4.78, 5) is 11.9. The highest BCUT2D eigenvalue weighted by Gasteiger charge is 2.08. The van der Waals surface area contributed by atoms with Gasteiger partial charge in [-0.15, -0.1) is 5.10 Å². The second kappa shape index (κ2) is 4.01. The Morgan fingerprint density at radius 2 is 1.81 bits per heavy atom. The smallest absolute Gasteiger partial charge is 0.258 e. The number of nitrogens with two attached hydrogens (primary N) is 1. The van der Waals surface area contributed by atoms with Gasteiger partial charge in [-0.2, -0.15) is 14.6 Å². The zero-order valence-electron chi connectivity index (χ0n) is 8.78. The van der Waals surface area contributed by atoms with Crippen LogP contribution in [0.25, 0.3) is 5.95 Å². The van der Waals surface area contributed by atoms with Crippen LogP contribution in [0.1, 0.15) is 0 Å². The summed E-state index contributed by atoms with van der Waals surface area (Å²) in [7, 11) is 3.00. The van der Waals surface area contributed by atoms with E-state index in [1.54, 1.807) is 6.07 Å². The van der Waals surface area contributed by atoms with Crippen LogP contribution in [0.3, 0.4) is 0 Å². The van der Waals surface area contributed by atoms with E-state index in [2.05, 4.69) is 20.1 Å². The zero-order chi connectivity index (χ0) is 11.5. The lowest BCUT2D eigenvalue weighted by molar-refractivity contribution is 0.370. The standard InChI is InChI=1S/C8H10N6O2/c1-15-5-3-6(16-2)12-8(11-5)14-4-10-7(9)13-14/h3-4H,1-2H3,(H2,9,13). The first-order valence-electron chi connectivity index (χ1n) is 4.37. The predicted octanol–water partition coefficient (Wildman–Crippen LogP) is -0.343. The Morgan fingerprint density at radius 3 is 2.25 bits per heavy atom. The molecule has 8 nitrogen and oxygen atoms in total. The van der Waals surface area contributed by atoms with Gasteiger partial charge in [0, 0.05) is 0 Å². The first-order valence-corrected chi connectivity index (χ1v) is 4.37. The number of hydrogen-bond donors (Lipinski definition) is 1. The number of aromatic nitrogens is 5. The van der Waals surface area contributed by atoms with Crippen LogP contribution in [0.15, 0.2) is 12.4 Å². The summed E-state index contributed by atoms with van der Waals surface area (Å²) in [6.07, 6.45) is 1.41. The summed E-state index contributed by atoms with van der Waals surface area (Å²) in [6, 6.07) is 1.56. The molecule has 16 heavy (non-hydrogen) atoms. The van der Waals surface area contributed by atoms with Crippen molar-refractivity contribution in [1.82, 2.24) is 24.7 Å². The van der Waals surface area contributed by atoms with Gasteiger partial charge in [0.1, 0.15) is 6.33 Å². The van der Waals surface area contributed by atoms with Crippen molar-refractivity contribution in [1.29, 1.82) is 0 Å². The molecule has 0 fully saturated rings. The second-order valence-electron chi connectivity index (χ2n) is 2.80. The average molecular weight is 222 g/mol. The summed E-state index contributed by atoms with van der Waals surface area (Å²) >= 11 is 0. The first-order chi connectivity index (χ1) is 7.72. The normalized spacial score (nSPS) is 10.1. The van der Waals surface area contributed by atoms with Gasteiger partial charge in [0.2, 0.25) is 17.7 Å². The van der Waals surface area contributed by atoms with E-state index < -0.39 is 0 Å². The molecule has 0 aliphatic heterocycles. The molecule has 0 unspecified atom stereocenters. The van der Waals surface area contributed by atoms with Gasteiger partial charge < -0.3 is 15.2 Å². The maximum absolute atomic E-state index is 5.40. The Kier molecular flexibility index (Phi) is 2.54. The van der Waals surface area contributed by atoms with Crippen molar-refractivity contribution in [2.75, 3.05) is 20.0 Å². The maximum atomic E-state index is 5.40. The molecule has 0 saturated heterocycles. The van der Waals surface area contributed by atoms with E-state index in [1.165, 1.54) is 25.2 Å². The molecular weight excluding hydrogens is 212 g/mol. The number of hydrogen-bond acceptors (Lipinski definition) is 7. The molecule has 0 radical (unpaired) electrons. The minimum absolute atomic E-state index is 0.144.